The van der Waals surface area contributed by atoms with Gasteiger partial charge in [0.05, 0.1) is 26.4 Å². The van der Waals surface area contributed by atoms with Crippen molar-refractivity contribution in [3.63, 3.8) is 0 Å². The molecule has 0 unspecified atom stereocenters. The van der Waals surface area contributed by atoms with Gasteiger partial charge in [-0.2, -0.15) is 0 Å². The SMILES string of the molecule is CCCCOC(=O)C1=C(C)NC2=C(C(=O)C[C@@H](c3ccc(OC)c(OC)c3)C2)[C@H]1c1ccccc1C. The summed E-state index contributed by atoms with van der Waals surface area (Å²) in [5.41, 5.74) is 5.84. The van der Waals surface area contributed by atoms with Gasteiger partial charge in [0, 0.05) is 29.3 Å². The molecule has 2 aromatic carbocycles. The maximum Gasteiger partial charge on any atom is 0.336 e. The van der Waals surface area contributed by atoms with E-state index in [-0.39, 0.29) is 17.7 Å². The molecule has 0 amide bonds. The Kier molecular flexibility index (Phi) is 7.82. The second-order valence-electron chi connectivity index (χ2n) is 9.48. The van der Waals surface area contributed by atoms with Crippen molar-refractivity contribution in [2.75, 3.05) is 20.8 Å². The van der Waals surface area contributed by atoms with E-state index in [4.69, 9.17) is 14.2 Å². The molecule has 2 aliphatic rings. The molecule has 0 spiro atoms. The zero-order valence-corrected chi connectivity index (χ0v) is 21.8. The number of allylic oxidation sites excluding steroid dienone is 3. The Morgan fingerprint density at radius 2 is 1.78 bits per heavy atom. The van der Waals surface area contributed by atoms with Crippen LogP contribution in [0.4, 0.5) is 0 Å². The minimum absolute atomic E-state index is 0.00747. The lowest BCUT2D eigenvalue weighted by atomic mass is 9.71. The zero-order chi connectivity index (χ0) is 25.8. The van der Waals surface area contributed by atoms with E-state index in [1.807, 2.05) is 56.3 Å². The molecule has 6 heteroatoms. The first kappa shape index (κ1) is 25.5. The lowest BCUT2D eigenvalue weighted by molar-refractivity contribution is -0.139. The molecule has 0 fully saturated rings. The molecule has 0 saturated heterocycles. The number of benzene rings is 2. The fourth-order valence-corrected chi connectivity index (χ4v) is 5.26. The van der Waals surface area contributed by atoms with Crippen LogP contribution < -0.4 is 14.8 Å². The topological polar surface area (TPSA) is 73.9 Å². The van der Waals surface area contributed by atoms with Crippen molar-refractivity contribution in [1.29, 1.82) is 0 Å². The summed E-state index contributed by atoms with van der Waals surface area (Å²) in [6.07, 6.45) is 2.76. The van der Waals surface area contributed by atoms with E-state index in [0.717, 1.165) is 40.9 Å². The highest BCUT2D eigenvalue weighted by Gasteiger charge is 2.42. The summed E-state index contributed by atoms with van der Waals surface area (Å²) >= 11 is 0. The Hall–Kier alpha value is -3.54. The summed E-state index contributed by atoms with van der Waals surface area (Å²) in [6.45, 7) is 6.35. The molecule has 36 heavy (non-hydrogen) atoms. The van der Waals surface area contributed by atoms with Crippen LogP contribution in [0.25, 0.3) is 0 Å². The summed E-state index contributed by atoms with van der Waals surface area (Å²) in [5.74, 6) is 0.530. The fraction of sp³-hybridized carbons (Fsp3) is 0.400. The Labute approximate surface area is 213 Å². The number of hydrogen-bond donors (Lipinski definition) is 1. The van der Waals surface area contributed by atoms with Gasteiger partial charge < -0.3 is 19.5 Å². The van der Waals surface area contributed by atoms with E-state index < -0.39 is 5.92 Å². The van der Waals surface area contributed by atoms with E-state index in [9.17, 15) is 9.59 Å². The number of unbranched alkanes of at least 4 members (excludes halogenated alkanes) is 1. The first-order chi connectivity index (χ1) is 17.4. The molecule has 0 radical (unpaired) electrons. The summed E-state index contributed by atoms with van der Waals surface area (Å²) < 4.78 is 16.5. The van der Waals surface area contributed by atoms with Crippen LogP contribution in [0.5, 0.6) is 11.5 Å². The molecule has 4 rings (SSSR count). The highest BCUT2D eigenvalue weighted by Crippen LogP contribution is 2.47. The van der Waals surface area contributed by atoms with Gasteiger partial charge >= 0.3 is 5.97 Å². The lowest BCUT2D eigenvalue weighted by Crippen LogP contribution is -2.36. The van der Waals surface area contributed by atoms with Gasteiger partial charge in [0.25, 0.3) is 0 Å². The van der Waals surface area contributed by atoms with Crippen LogP contribution in [0.2, 0.25) is 0 Å². The summed E-state index contributed by atoms with van der Waals surface area (Å²) in [4.78, 5) is 27.1. The Bertz CT molecular complexity index is 1230. The second kappa shape index (κ2) is 11.0. The highest BCUT2D eigenvalue weighted by molar-refractivity contribution is 6.04. The number of nitrogens with one attached hydrogen (secondary N) is 1. The number of dihydropyridines is 1. The van der Waals surface area contributed by atoms with Crippen molar-refractivity contribution < 1.29 is 23.8 Å². The van der Waals surface area contributed by atoms with Crippen molar-refractivity contribution in [3.8, 4) is 11.5 Å². The second-order valence-corrected chi connectivity index (χ2v) is 9.48. The van der Waals surface area contributed by atoms with Crippen LogP contribution in [0.15, 0.2) is 65.0 Å². The van der Waals surface area contributed by atoms with E-state index in [2.05, 4.69) is 12.2 Å². The molecule has 2 aromatic rings. The highest BCUT2D eigenvalue weighted by atomic mass is 16.5. The number of hydrogen-bond acceptors (Lipinski definition) is 6. The third-order valence-corrected chi connectivity index (χ3v) is 7.16. The first-order valence-electron chi connectivity index (χ1n) is 12.6. The van der Waals surface area contributed by atoms with Crippen molar-refractivity contribution in [3.05, 3.63) is 81.7 Å². The van der Waals surface area contributed by atoms with E-state index >= 15 is 0 Å². The number of carbonyl (C=O) groups excluding carboxylic acids is 2. The van der Waals surface area contributed by atoms with Gasteiger partial charge in [0.2, 0.25) is 0 Å². The Morgan fingerprint density at radius 1 is 1.03 bits per heavy atom. The van der Waals surface area contributed by atoms with E-state index in [1.54, 1.807) is 14.2 Å². The number of ether oxygens (including phenoxy) is 3. The van der Waals surface area contributed by atoms with Crippen molar-refractivity contribution in [2.24, 2.45) is 0 Å². The Morgan fingerprint density at radius 3 is 2.47 bits per heavy atom. The number of carbonyl (C=O) groups is 2. The number of aryl methyl sites for hydroxylation is 1. The third-order valence-electron chi connectivity index (χ3n) is 7.16. The van der Waals surface area contributed by atoms with Crippen molar-refractivity contribution in [1.82, 2.24) is 5.32 Å². The molecular formula is C30H35NO5. The molecule has 6 nitrogen and oxygen atoms in total. The van der Waals surface area contributed by atoms with Gasteiger partial charge in [0.1, 0.15) is 0 Å². The van der Waals surface area contributed by atoms with Crippen LogP contribution in [0.3, 0.4) is 0 Å². The largest absolute Gasteiger partial charge is 0.493 e. The van der Waals surface area contributed by atoms with Crippen LogP contribution in [-0.2, 0) is 14.3 Å². The summed E-state index contributed by atoms with van der Waals surface area (Å²) in [7, 11) is 3.22. The van der Waals surface area contributed by atoms with Crippen LogP contribution in [0, 0.1) is 6.92 Å². The van der Waals surface area contributed by atoms with Crippen molar-refractivity contribution in [2.45, 2.75) is 58.3 Å². The maximum absolute atomic E-state index is 13.8. The van der Waals surface area contributed by atoms with Gasteiger partial charge in [-0.3, -0.25) is 4.79 Å². The molecule has 1 aliphatic carbocycles. The lowest BCUT2D eigenvalue weighted by Gasteiger charge is -2.37. The quantitative estimate of drug-likeness (QED) is 0.378. The van der Waals surface area contributed by atoms with Gasteiger partial charge in [-0.05, 0) is 61.4 Å². The Balaban J connectivity index is 1.75. The average molecular weight is 490 g/mol. The fourth-order valence-electron chi connectivity index (χ4n) is 5.26. The first-order valence-corrected chi connectivity index (χ1v) is 12.6. The minimum Gasteiger partial charge on any atom is -0.493 e. The standard InChI is InChI=1S/C30H35NO5/c1-6-7-14-36-30(33)27-19(3)31-23-15-21(20-12-13-25(34-4)26(17-20)35-5)16-24(32)29(23)28(27)22-11-9-8-10-18(22)2/h8-13,17,21,28,31H,6-7,14-16H2,1-5H3/t21-,28-/m0/s1. The zero-order valence-electron chi connectivity index (χ0n) is 21.8. The number of ketones is 1. The van der Waals surface area contributed by atoms with Gasteiger partial charge in [-0.25, -0.2) is 4.79 Å². The molecule has 190 valence electrons. The number of esters is 1. The molecule has 0 bridgehead atoms. The van der Waals surface area contributed by atoms with Crippen LogP contribution in [0.1, 0.15) is 68.1 Å². The maximum atomic E-state index is 13.8. The third kappa shape index (κ3) is 4.90. The van der Waals surface area contributed by atoms with Crippen LogP contribution >= 0.6 is 0 Å². The predicted octanol–water partition coefficient (Wildman–Crippen LogP) is 5.72. The van der Waals surface area contributed by atoms with E-state index in [1.165, 1.54) is 0 Å². The molecule has 1 heterocycles. The molecule has 0 aromatic heterocycles. The smallest absolute Gasteiger partial charge is 0.336 e. The average Bonchev–Trinajstić information content (AvgIpc) is 2.87. The summed E-state index contributed by atoms with van der Waals surface area (Å²) in [5, 5.41) is 3.42. The normalized spacial score (nSPS) is 19.5. The molecular weight excluding hydrogens is 454 g/mol. The number of rotatable bonds is 8. The van der Waals surface area contributed by atoms with Gasteiger partial charge in [0.15, 0.2) is 17.3 Å². The van der Waals surface area contributed by atoms with Gasteiger partial charge in [-0.15, -0.1) is 0 Å². The minimum atomic E-state index is -0.449. The number of Topliss-reactive ketones (excluding diaryl/α,β-unsaturated/α-hetero) is 1. The molecule has 2 atom stereocenters. The number of methoxy groups -OCH3 is 2. The van der Waals surface area contributed by atoms with Gasteiger partial charge in [-0.1, -0.05) is 43.7 Å². The molecule has 1 aliphatic heterocycles. The molecule has 1 N–H and O–H groups in total. The summed E-state index contributed by atoms with van der Waals surface area (Å²) in [6, 6.07) is 13.8. The van der Waals surface area contributed by atoms with E-state index in [0.29, 0.717) is 42.1 Å². The monoisotopic (exact) mass is 489 g/mol. The predicted molar refractivity (Wildman–Crippen MR) is 139 cm³/mol. The van der Waals surface area contributed by atoms with Crippen molar-refractivity contribution >= 4 is 11.8 Å². The molecule has 0 saturated carbocycles. The van der Waals surface area contributed by atoms with Crippen LogP contribution in [-0.4, -0.2) is 32.6 Å².